The molecular formula is C9H17N5O2S. The minimum absolute atomic E-state index is 0.0144. The molecular weight excluding hydrogens is 242 g/mol. The summed E-state index contributed by atoms with van der Waals surface area (Å²) in [4.78, 5) is 4.00. The van der Waals surface area contributed by atoms with E-state index in [4.69, 9.17) is 5.73 Å². The van der Waals surface area contributed by atoms with E-state index in [9.17, 15) is 8.42 Å². The Bertz CT molecular complexity index is 474. The summed E-state index contributed by atoms with van der Waals surface area (Å²) < 4.78 is 25.5. The summed E-state index contributed by atoms with van der Waals surface area (Å²) in [5, 5.41) is 7.48. The van der Waals surface area contributed by atoms with Gasteiger partial charge in [0.2, 0.25) is 10.0 Å². The summed E-state index contributed by atoms with van der Waals surface area (Å²) in [6, 6.07) is 0. The van der Waals surface area contributed by atoms with Crippen molar-refractivity contribution in [3.05, 3.63) is 11.4 Å². The van der Waals surface area contributed by atoms with Crippen LogP contribution >= 0.6 is 0 Å². The number of hydrogen-bond acceptors (Lipinski definition) is 6. The van der Waals surface area contributed by atoms with Crippen LogP contribution in [0.25, 0.3) is 0 Å². The third kappa shape index (κ3) is 4.61. The number of unbranched alkanes of at least 4 members (excludes halogenated alkanes) is 1. The Labute approximate surface area is 101 Å². The molecule has 0 amide bonds. The number of nitrogens with two attached hydrogens (primary N) is 1. The molecule has 96 valence electrons. The monoisotopic (exact) mass is 259 g/mol. The number of aromatic nitrogens is 3. The van der Waals surface area contributed by atoms with Crippen molar-refractivity contribution in [3.8, 4) is 0 Å². The lowest BCUT2D eigenvalue weighted by Gasteiger charge is -2.06. The van der Waals surface area contributed by atoms with Gasteiger partial charge < -0.3 is 5.73 Å². The van der Waals surface area contributed by atoms with Gasteiger partial charge in [0.15, 0.2) is 0 Å². The zero-order valence-electron chi connectivity index (χ0n) is 9.97. The van der Waals surface area contributed by atoms with Crippen molar-refractivity contribution in [1.29, 1.82) is 0 Å². The highest BCUT2D eigenvalue weighted by atomic mass is 32.2. The molecule has 8 heteroatoms. The lowest BCUT2D eigenvalue weighted by atomic mass is 10.3. The van der Waals surface area contributed by atoms with Gasteiger partial charge in [-0.2, -0.15) is 5.10 Å². The number of sulfonamides is 1. The fourth-order valence-corrected chi connectivity index (χ4v) is 2.18. The standard InChI is InChI=1S/C9H17N5O2S/c1-7-8(2)12-13-9(11-7)14-17(15,16)6-4-3-5-10/h3-6,10H2,1-2H3,(H,11,13,14). The van der Waals surface area contributed by atoms with Crippen LogP contribution in [0.3, 0.4) is 0 Å². The molecule has 0 aliphatic heterocycles. The van der Waals surface area contributed by atoms with Crippen molar-refractivity contribution >= 4 is 16.0 Å². The second-order valence-electron chi connectivity index (χ2n) is 3.72. The van der Waals surface area contributed by atoms with Gasteiger partial charge in [-0.25, -0.2) is 18.1 Å². The topological polar surface area (TPSA) is 111 Å². The Balaban J connectivity index is 2.66. The molecule has 3 N–H and O–H groups in total. The molecule has 0 radical (unpaired) electrons. The third-order valence-corrected chi connectivity index (χ3v) is 3.53. The molecule has 0 fully saturated rings. The highest BCUT2D eigenvalue weighted by molar-refractivity contribution is 7.92. The van der Waals surface area contributed by atoms with E-state index in [-0.39, 0.29) is 11.7 Å². The molecule has 1 heterocycles. The minimum Gasteiger partial charge on any atom is -0.330 e. The molecule has 0 saturated carbocycles. The third-order valence-electron chi connectivity index (χ3n) is 2.21. The van der Waals surface area contributed by atoms with Crippen LogP contribution in [0.1, 0.15) is 24.2 Å². The molecule has 1 aromatic heterocycles. The van der Waals surface area contributed by atoms with Crippen molar-refractivity contribution in [1.82, 2.24) is 15.2 Å². The summed E-state index contributed by atoms with van der Waals surface area (Å²) in [5.41, 5.74) is 6.63. The first kappa shape index (κ1) is 13.8. The summed E-state index contributed by atoms with van der Waals surface area (Å²) >= 11 is 0. The Morgan fingerprint density at radius 3 is 2.47 bits per heavy atom. The molecule has 0 atom stereocenters. The number of nitrogens with zero attached hydrogens (tertiary/aromatic N) is 3. The molecule has 0 saturated heterocycles. The average Bonchev–Trinajstić information content (AvgIpc) is 2.23. The Morgan fingerprint density at radius 1 is 1.18 bits per heavy atom. The molecule has 17 heavy (non-hydrogen) atoms. The molecule has 0 aliphatic rings. The van der Waals surface area contributed by atoms with E-state index in [0.29, 0.717) is 30.8 Å². The first-order valence-electron chi connectivity index (χ1n) is 5.33. The maximum Gasteiger partial charge on any atom is 0.256 e. The van der Waals surface area contributed by atoms with Gasteiger partial charge in [0.05, 0.1) is 17.1 Å². The van der Waals surface area contributed by atoms with Crippen LogP contribution in [-0.2, 0) is 10.0 Å². The molecule has 0 aromatic carbocycles. The first-order chi connectivity index (χ1) is 7.94. The number of hydrogen-bond donors (Lipinski definition) is 2. The van der Waals surface area contributed by atoms with E-state index >= 15 is 0 Å². The Kier molecular flexibility index (Phi) is 4.76. The minimum atomic E-state index is -3.41. The van der Waals surface area contributed by atoms with Gasteiger partial charge in [-0.3, -0.25) is 0 Å². The highest BCUT2D eigenvalue weighted by Crippen LogP contribution is 2.05. The van der Waals surface area contributed by atoms with Crippen LogP contribution in [0.15, 0.2) is 0 Å². The normalized spacial score (nSPS) is 11.5. The van der Waals surface area contributed by atoms with Crippen LogP contribution in [0.4, 0.5) is 5.95 Å². The predicted molar refractivity (Wildman–Crippen MR) is 65.0 cm³/mol. The number of aryl methyl sites for hydroxylation is 2. The SMILES string of the molecule is Cc1nnc(NS(=O)(=O)CCCCN)nc1C. The summed E-state index contributed by atoms with van der Waals surface area (Å²) in [6.07, 6.45) is 1.19. The fraction of sp³-hybridized carbons (Fsp3) is 0.667. The van der Waals surface area contributed by atoms with E-state index < -0.39 is 10.0 Å². The van der Waals surface area contributed by atoms with Crippen LogP contribution in [-0.4, -0.2) is 35.9 Å². The van der Waals surface area contributed by atoms with Crippen molar-refractivity contribution in [2.75, 3.05) is 17.0 Å². The van der Waals surface area contributed by atoms with E-state index in [1.165, 1.54) is 0 Å². The maximum absolute atomic E-state index is 11.6. The zero-order chi connectivity index (χ0) is 12.9. The Hall–Kier alpha value is -1.28. The van der Waals surface area contributed by atoms with Gasteiger partial charge in [-0.1, -0.05) is 0 Å². The molecule has 0 spiro atoms. The van der Waals surface area contributed by atoms with Gasteiger partial charge in [-0.15, -0.1) is 5.10 Å². The second-order valence-corrected chi connectivity index (χ2v) is 5.56. The highest BCUT2D eigenvalue weighted by Gasteiger charge is 2.12. The molecule has 0 aliphatic carbocycles. The quantitative estimate of drug-likeness (QED) is 0.694. The van der Waals surface area contributed by atoms with E-state index in [2.05, 4.69) is 19.9 Å². The van der Waals surface area contributed by atoms with Crippen LogP contribution in [0.5, 0.6) is 0 Å². The van der Waals surface area contributed by atoms with Gasteiger partial charge >= 0.3 is 0 Å². The smallest absolute Gasteiger partial charge is 0.256 e. The van der Waals surface area contributed by atoms with Crippen molar-refractivity contribution in [2.45, 2.75) is 26.7 Å². The maximum atomic E-state index is 11.6. The average molecular weight is 259 g/mol. The molecule has 7 nitrogen and oxygen atoms in total. The second kappa shape index (κ2) is 5.87. The summed E-state index contributed by atoms with van der Waals surface area (Å²) in [5.74, 6) is 0.0290. The molecule has 1 aromatic rings. The van der Waals surface area contributed by atoms with Gasteiger partial charge in [0.1, 0.15) is 0 Å². The predicted octanol–water partition coefficient (Wildman–Crippen LogP) is -0.0310. The summed E-state index contributed by atoms with van der Waals surface area (Å²) in [6.45, 7) is 3.99. The van der Waals surface area contributed by atoms with Gasteiger partial charge in [0.25, 0.3) is 5.95 Å². The van der Waals surface area contributed by atoms with E-state index in [1.54, 1.807) is 13.8 Å². The van der Waals surface area contributed by atoms with Crippen LogP contribution < -0.4 is 10.5 Å². The van der Waals surface area contributed by atoms with E-state index in [0.717, 1.165) is 0 Å². The van der Waals surface area contributed by atoms with E-state index in [1.807, 2.05) is 0 Å². The van der Waals surface area contributed by atoms with Gasteiger partial charge in [-0.05, 0) is 33.2 Å². The number of nitrogens with one attached hydrogen (secondary N) is 1. The number of rotatable bonds is 6. The van der Waals surface area contributed by atoms with Gasteiger partial charge in [0, 0.05) is 0 Å². The Morgan fingerprint density at radius 2 is 1.88 bits per heavy atom. The fourth-order valence-electron chi connectivity index (χ4n) is 1.13. The number of anilines is 1. The van der Waals surface area contributed by atoms with Crippen molar-refractivity contribution < 1.29 is 8.42 Å². The first-order valence-corrected chi connectivity index (χ1v) is 6.98. The van der Waals surface area contributed by atoms with Crippen molar-refractivity contribution in [3.63, 3.8) is 0 Å². The zero-order valence-corrected chi connectivity index (χ0v) is 10.8. The molecule has 1 rings (SSSR count). The lowest BCUT2D eigenvalue weighted by molar-refractivity contribution is 0.596. The molecule has 0 bridgehead atoms. The van der Waals surface area contributed by atoms with Crippen LogP contribution in [0.2, 0.25) is 0 Å². The molecule has 0 unspecified atom stereocenters. The largest absolute Gasteiger partial charge is 0.330 e. The van der Waals surface area contributed by atoms with Crippen LogP contribution in [0, 0.1) is 13.8 Å². The lowest BCUT2D eigenvalue weighted by Crippen LogP contribution is -2.19. The summed E-state index contributed by atoms with van der Waals surface area (Å²) in [7, 11) is -3.41. The van der Waals surface area contributed by atoms with Crippen molar-refractivity contribution in [2.24, 2.45) is 5.73 Å².